The van der Waals surface area contributed by atoms with Crippen LogP contribution in [-0.2, 0) is 10.0 Å². The number of aryl methyl sites for hydroxylation is 1. The summed E-state index contributed by atoms with van der Waals surface area (Å²) in [5.74, 6) is -1.20. The van der Waals surface area contributed by atoms with Gasteiger partial charge in [-0.15, -0.1) is 0 Å². The van der Waals surface area contributed by atoms with Gasteiger partial charge in [0.05, 0.1) is 10.7 Å². The molecule has 22 heavy (non-hydrogen) atoms. The number of hydrogen-bond acceptors (Lipinski definition) is 5. The van der Waals surface area contributed by atoms with E-state index >= 15 is 0 Å². The zero-order valence-corrected chi connectivity index (χ0v) is 13.9. The zero-order valence-electron chi connectivity index (χ0n) is 13.0. The van der Waals surface area contributed by atoms with Crippen LogP contribution in [0.4, 0.5) is 5.69 Å². The summed E-state index contributed by atoms with van der Waals surface area (Å²) >= 11 is 0. The summed E-state index contributed by atoms with van der Waals surface area (Å²) < 4.78 is 25.7. The maximum atomic E-state index is 12.1. The number of sulfonamides is 1. The predicted molar refractivity (Wildman–Crippen MR) is 83.2 cm³/mol. The van der Waals surface area contributed by atoms with Crippen LogP contribution in [0.25, 0.3) is 0 Å². The standard InChI is InChI=1S/C14H20N2O5S/c1-10-6-5-7-11(12(10)16(18)19)13(17)15-22(20,21)9-8-14(2,3)4/h5-7H,8-9H2,1-4H3,(H,15,17). The molecule has 0 spiro atoms. The number of rotatable bonds is 5. The summed E-state index contributed by atoms with van der Waals surface area (Å²) in [7, 11) is -3.84. The molecule has 0 aliphatic rings. The van der Waals surface area contributed by atoms with Gasteiger partial charge in [-0.05, 0) is 24.8 Å². The van der Waals surface area contributed by atoms with Crippen LogP contribution in [0.15, 0.2) is 18.2 Å². The largest absolute Gasteiger partial charge is 0.285 e. The Kier molecular flexibility index (Phi) is 5.29. The van der Waals surface area contributed by atoms with Gasteiger partial charge in [0.1, 0.15) is 5.56 Å². The van der Waals surface area contributed by atoms with Crippen molar-refractivity contribution in [3.05, 3.63) is 39.4 Å². The van der Waals surface area contributed by atoms with Crippen LogP contribution in [0, 0.1) is 22.5 Å². The highest BCUT2D eigenvalue weighted by atomic mass is 32.2. The molecule has 0 saturated heterocycles. The molecule has 1 aromatic rings. The minimum Gasteiger partial charge on any atom is -0.268 e. The van der Waals surface area contributed by atoms with Crippen LogP contribution in [-0.4, -0.2) is 25.0 Å². The third-order valence-corrected chi connectivity index (χ3v) is 4.27. The highest BCUT2D eigenvalue weighted by molar-refractivity contribution is 7.90. The molecular formula is C14H20N2O5S. The fraction of sp³-hybridized carbons (Fsp3) is 0.500. The molecule has 0 aliphatic carbocycles. The highest BCUT2D eigenvalue weighted by Gasteiger charge is 2.26. The number of nitro groups is 1. The average molecular weight is 328 g/mol. The smallest absolute Gasteiger partial charge is 0.268 e. The minimum absolute atomic E-state index is 0.201. The quantitative estimate of drug-likeness (QED) is 0.660. The lowest BCUT2D eigenvalue weighted by atomic mass is 9.94. The highest BCUT2D eigenvalue weighted by Crippen LogP contribution is 2.23. The number of nitro benzene ring substituents is 1. The number of nitrogens with one attached hydrogen (secondary N) is 1. The first-order chi connectivity index (χ1) is 9.93. The number of benzene rings is 1. The van der Waals surface area contributed by atoms with Crippen molar-refractivity contribution in [3.63, 3.8) is 0 Å². The van der Waals surface area contributed by atoms with E-state index in [4.69, 9.17) is 0 Å². The first kappa shape index (κ1) is 18.1. The normalized spacial score (nSPS) is 12.0. The maximum Gasteiger partial charge on any atom is 0.285 e. The molecular weight excluding hydrogens is 308 g/mol. The van der Waals surface area contributed by atoms with Crippen LogP contribution in [0.1, 0.15) is 43.1 Å². The van der Waals surface area contributed by atoms with Crippen molar-refractivity contribution in [2.75, 3.05) is 5.75 Å². The summed E-state index contributed by atoms with van der Waals surface area (Å²) in [6.45, 7) is 7.14. The topological polar surface area (TPSA) is 106 Å². The lowest BCUT2D eigenvalue weighted by Crippen LogP contribution is -2.34. The molecule has 7 nitrogen and oxygen atoms in total. The molecule has 122 valence electrons. The van der Waals surface area contributed by atoms with Gasteiger partial charge in [0, 0.05) is 5.56 Å². The Balaban J connectivity index is 2.99. The van der Waals surface area contributed by atoms with Gasteiger partial charge < -0.3 is 0 Å². The van der Waals surface area contributed by atoms with E-state index in [-0.39, 0.29) is 22.4 Å². The molecule has 0 unspecified atom stereocenters. The molecule has 1 amide bonds. The fourth-order valence-electron chi connectivity index (χ4n) is 1.77. The van der Waals surface area contributed by atoms with Gasteiger partial charge in [0.2, 0.25) is 10.0 Å². The molecule has 0 radical (unpaired) electrons. The summed E-state index contributed by atoms with van der Waals surface area (Å²) in [4.78, 5) is 22.4. The molecule has 1 rings (SSSR count). The van der Waals surface area contributed by atoms with Crippen molar-refractivity contribution < 1.29 is 18.1 Å². The molecule has 1 aromatic carbocycles. The summed E-state index contributed by atoms with van der Waals surface area (Å²) in [5.41, 5.74) is -0.548. The predicted octanol–water partition coefficient (Wildman–Crippen LogP) is 2.40. The lowest BCUT2D eigenvalue weighted by Gasteiger charge is -2.17. The van der Waals surface area contributed by atoms with Gasteiger partial charge in [-0.25, -0.2) is 13.1 Å². The first-order valence-corrected chi connectivity index (χ1v) is 8.37. The van der Waals surface area contributed by atoms with Crippen LogP contribution in [0.5, 0.6) is 0 Å². The van der Waals surface area contributed by atoms with E-state index in [0.717, 1.165) is 0 Å². The van der Waals surface area contributed by atoms with Gasteiger partial charge >= 0.3 is 0 Å². The Morgan fingerprint density at radius 2 is 1.91 bits per heavy atom. The Morgan fingerprint density at radius 1 is 1.32 bits per heavy atom. The molecule has 0 saturated carbocycles. The molecule has 1 N–H and O–H groups in total. The zero-order chi connectivity index (χ0) is 17.1. The maximum absolute atomic E-state index is 12.1. The second-order valence-electron chi connectivity index (χ2n) is 6.29. The van der Waals surface area contributed by atoms with Crippen LogP contribution in [0.3, 0.4) is 0 Å². The van der Waals surface area contributed by atoms with E-state index in [0.29, 0.717) is 12.0 Å². The van der Waals surface area contributed by atoms with Gasteiger partial charge in [0.25, 0.3) is 11.6 Å². The van der Waals surface area contributed by atoms with Crippen molar-refractivity contribution in [3.8, 4) is 0 Å². The van der Waals surface area contributed by atoms with E-state index in [1.165, 1.54) is 25.1 Å². The monoisotopic (exact) mass is 328 g/mol. The van der Waals surface area contributed by atoms with Crippen molar-refractivity contribution in [2.45, 2.75) is 34.1 Å². The molecule has 0 fully saturated rings. The third-order valence-electron chi connectivity index (χ3n) is 3.03. The summed E-state index contributed by atoms with van der Waals surface area (Å²) in [5, 5.41) is 11.0. The Morgan fingerprint density at radius 3 is 2.41 bits per heavy atom. The number of amides is 1. The van der Waals surface area contributed by atoms with Crippen LogP contribution < -0.4 is 4.72 Å². The minimum atomic E-state index is -3.84. The second kappa shape index (κ2) is 6.43. The molecule has 8 heteroatoms. The molecule has 0 heterocycles. The Labute approximate surface area is 129 Å². The number of hydrogen-bond donors (Lipinski definition) is 1. The summed E-state index contributed by atoms with van der Waals surface area (Å²) in [6.07, 6.45) is 0.367. The van der Waals surface area contributed by atoms with Crippen LogP contribution in [0.2, 0.25) is 0 Å². The van der Waals surface area contributed by atoms with Crippen LogP contribution >= 0.6 is 0 Å². The second-order valence-corrected chi connectivity index (χ2v) is 8.13. The van der Waals surface area contributed by atoms with E-state index in [1.54, 1.807) is 0 Å². The van der Waals surface area contributed by atoms with E-state index < -0.39 is 20.9 Å². The van der Waals surface area contributed by atoms with Gasteiger partial charge in [0.15, 0.2) is 0 Å². The van der Waals surface area contributed by atoms with Crippen molar-refractivity contribution in [1.29, 1.82) is 0 Å². The first-order valence-electron chi connectivity index (χ1n) is 6.72. The molecule has 0 bridgehead atoms. The van der Waals surface area contributed by atoms with E-state index in [9.17, 15) is 23.3 Å². The molecule has 0 atom stereocenters. The Hall–Kier alpha value is -1.96. The fourth-order valence-corrected chi connectivity index (χ4v) is 3.15. The number of carbonyl (C=O) groups excluding carboxylic acids is 1. The molecule has 0 aromatic heterocycles. The van der Waals surface area contributed by atoms with Crippen molar-refractivity contribution in [2.24, 2.45) is 5.41 Å². The summed E-state index contributed by atoms with van der Waals surface area (Å²) in [6, 6.07) is 4.20. The Bertz CT molecular complexity index is 690. The number of para-hydroxylation sites is 1. The van der Waals surface area contributed by atoms with E-state index in [2.05, 4.69) is 0 Å². The SMILES string of the molecule is Cc1cccc(C(=O)NS(=O)(=O)CCC(C)(C)C)c1[N+](=O)[O-]. The third kappa shape index (κ3) is 5.10. The van der Waals surface area contributed by atoms with Gasteiger partial charge in [-0.2, -0.15) is 0 Å². The van der Waals surface area contributed by atoms with E-state index in [1.807, 2.05) is 25.5 Å². The number of nitrogens with zero attached hydrogens (tertiary/aromatic N) is 1. The molecule has 0 aliphatic heterocycles. The number of carbonyl (C=O) groups is 1. The van der Waals surface area contributed by atoms with Crippen molar-refractivity contribution >= 4 is 21.6 Å². The lowest BCUT2D eigenvalue weighted by molar-refractivity contribution is -0.385. The average Bonchev–Trinajstić information content (AvgIpc) is 2.34. The van der Waals surface area contributed by atoms with Gasteiger partial charge in [-0.1, -0.05) is 32.9 Å². The van der Waals surface area contributed by atoms with Gasteiger partial charge in [-0.3, -0.25) is 14.9 Å². The van der Waals surface area contributed by atoms with Crippen molar-refractivity contribution in [1.82, 2.24) is 4.72 Å².